The maximum atomic E-state index is 11.7. The normalized spacial score (nSPS) is 12.1. The third kappa shape index (κ3) is 6.36. The highest BCUT2D eigenvalue weighted by Crippen LogP contribution is 2.27. The summed E-state index contributed by atoms with van der Waals surface area (Å²) < 4.78 is 5.18. The predicted molar refractivity (Wildman–Crippen MR) is 85.9 cm³/mol. The Morgan fingerprint density at radius 2 is 1.90 bits per heavy atom. The molecule has 118 valence electrons. The molecule has 0 aliphatic carbocycles. The molecule has 0 saturated heterocycles. The minimum Gasteiger partial charge on any atom is -0.444 e. The minimum absolute atomic E-state index is 0.0997. The summed E-state index contributed by atoms with van der Waals surface area (Å²) in [6.45, 7) is 9.46. The van der Waals surface area contributed by atoms with Crippen LogP contribution in [0.3, 0.4) is 0 Å². The predicted octanol–water partition coefficient (Wildman–Crippen LogP) is 4.25. The highest BCUT2D eigenvalue weighted by molar-refractivity contribution is 6.33. The van der Waals surface area contributed by atoms with Gasteiger partial charge in [0.15, 0.2) is 0 Å². The Balaban J connectivity index is 2.77. The standard InChI is InChI=1S/C16H24ClNO3/c1-15(2,3)21-14(20)18-13-7-6-11(8-12(13)17)9-16(4,5)10-19/h6-8,19H,9-10H2,1-5H3,(H,18,20). The summed E-state index contributed by atoms with van der Waals surface area (Å²) in [6, 6.07) is 5.43. The average molecular weight is 314 g/mol. The SMILES string of the molecule is CC(C)(CO)Cc1ccc(NC(=O)OC(C)(C)C)c(Cl)c1. The fourth-order valence-electron chi connectivity index (χ4n) is 1.79. The van der Waals surface area contributed by atoms with E-state index in [4.69, 9.17) is 16.3 Å². The quantitative estimate of drug-likeness (QED) is 0.873. The first-order chi connectivity index (χ1) is 9.52. The van der Waals surface area contributed by atoms with Crippen LogP contribution in [0.4, 0.5) is 10.5 Å². The van der Waals surface area contributed by atoms with Gasteiger partial charge in [0, 0.05) is 6.61 Å². The maximum absolute atomic E-state index is 11.7. The van der Waals surface area contributed by atoms with Crippen molar-refractivity contribution in [2.75, 3.05) is 11.9 Å². The molecule has 0 fully saturated rings. The molecule has 21 heavy (non-hydrogen) atoms. The third-order valence-corrected chi connectivity index (χ3v) is 3.09. The molecule has 0 spiro atoms. The molecule has 0 aliphatic heterocycles. The van der Waals surface area contributed by atoms with Crippen molar-refractivity contribution >= 4 is 23.4 Å². The van der Waals surface area contributed by atoms with Crippen LogP contribution in [0.1, 0.15) is 40.2 Å². The van der Waals surface area contributed by atoms with Gasteiger partial charge in [-0.1, -0.05) is 31.5 Å². The van der Waals surface area contributed by atoms with Gasteiger partial charge in [0.25, 0.3) is 0 Å². The molecule has 0 bridgehead atoms. The summed E-state index contributed by atoms with van der Waals surface area (Å²) in [5.74, 6) is 0. The minimum atomic E-state index is -0.554. The molecule has 1 amide bonds. The fourth-order valence-corrected chi connectivity index (χ4v) is 2.04. The molecule has 2 N–H and O–H groups in total. The molecule has 0 aromatic heterocycles. The van der Waals surface area contributed by atoms with Crippen LogP contribution in [0.15, 0.2) is 18.2 Å². The van der Waals surface area contributed by atoms with E-state index in [1.54, 1.807) is 32.9 Å². The lowest BCUT2D eigenvalue weighted by atomic mass is 9.87. The van der Waals surface area contributed by atoms with Gasteiger partial charge in [-0.15, -0.1) is 0 Å². The Labute approximate surface area is 131 Å². The number of halogens is 1. The molecular formula is C16H24ClNO3. The Morgan fingerprint density at radius 1 is 1.29 bits per heavy atom. The summed E-state index contributed by atoms with van der Waals surface area (Å²) in [4.78, 5) is 11.7. The van der Waals surface area contributed by atoms with Crippen molar-refractivity contribution in [1.82, 2.24) is 0 Å². The van der Waals surface area contributed by atoms with E-state index in [0.29, 0.717) is 17.1 Å². The molecule has 4 nitrogen and oxygen atoms in total. The van der Waals surface area contributed by atoms with Gasteiger partial charge in [-0.25, -0.2) is 4.79 Å². The number of benzene rings is 1. The summed E-state index contributed by atoms with van der Waals surface area (Å²) in [7, 11) is 0. The van der Waals surface area contributed by atoms with Crippen LogP contribution in [0.2, 0.25) is 5.02 Å². The Bertz CT molecular complexity index is 507. The van der Waals surface area contributed by atoms with Gasteiger partial charge in [0.2, 0.25) is 0 Å². The highest BCUT2D eigenvalue weighted by atomic mass is 35.5. The average Bonchev–Trinajstić information content (AvgIpc) is 2.30. The van der Waals surface area contributed by atoms with Crippen molar-refractivity contribution in [2.24, 2.45) is 5.41 Å². The van der Waals surface area contributed by atoms with Crippen molar-refractivity contribution in [3.05, 3.63) is 28.8 Å². The van der Waals surface area contributed by atoms with Gasteiger partial charge < -0.3 is 9.84 Å². The smallest absolute Gasteiger partial charge is 0.412 e. The molecule has 5 heteroatoms. The summed E-state index contributed by atoms with van der Waals surface area (Å²) >= 11 is 6.18. The molecular weight excluding hydrogens is 290 g/mol. The zero-order chi connectivity index (χ0) is 16.3. The van der Waals surface area contributed by atoms with Gasteiger partial charge in [-0.05, 0) is 50.3 Å². The summed E-state index contributed by atoms with van der Waals surface area (Å²) in [6.07, 6.45) is 0.170. The van der Waals surface area contributed by atoms with Gasteiger partial charge >= 0.3 is 6.09 Å². The number of rotatable bonds is 4. The topological polar surface area (TPSA) is 58.6 Å². The van der Waals surface area contributed by atoms with E-state index in [1.165, 1.54) is 0 Å². The number of hydrogen-bond acceptors (Lipinski definition) is 3. The van der Waals surface area contributed by atoms with Crippen LogP contribution in [0, 0.1) is 5.41 Å². The van der Waals surface area contributed by atoms with Gasteiger partial charge in [-0.3, -0.25) is 5.32 Å². The molecule has 0 radical (unpaired) electrons. The molecule has 1 aromatic carbocycles. The number of aliphatic hydroxyl groups excluding tert-OH is 1. The molecule has 0 unspecified atom stereocenters. The second-order valence-electron chi connectivity index (χ2n) is 6.94. The largest absolute Gasteiger partial charge is 0.444 e. The fraction of sp³-hybridized carbons (Fsp3) is 0.562. The number of carbonyl (C=O) groups is 1. The molecule has 0 aliphatic rings. The van der Waals surface area contributed by atoms with E-state index in [-0.39, 0.29) is 12.0 Å². The van der Waals surface area contributed by atoms with E-state index < -0.39 is 11.7 Å². The monoisotopic (exact) mass is 313 g/mol. The van der Waals surface area contributed by atoms with Crippen molar-refractivity contribution in [3.8, 4) is 0 Å². The lowest BCUT2D eigenvalue weighted by Crippen LogP contribution is -2.27. The second-order valence-corrected chi connectivity index (χ2v) is 7.35. The Morgan fingerprint density at radius 3 is 2.38 bits per heavy atom. The first-order valence-corrected chi connectivity index (χ1v) is 7.29. The van der Waals surface area contributed by atoms with E-state index in [2.05, 4.69) is 5.32 Å². The van der Waals surface area contributed by atoms with E-state index in [0.717, 1.165) is 5.56 Å². The van der Waals surface area contributed by atoms with Crippen LogP contribution < -0.4 is 5.32 Å². The second kappa shape index (κ2) is 6.67. The Hall–Kier alpha value is -1.26. The zero-order valence-electron chi connectivity index (χ0n) is 13.3. The van der Waals surface area contributed by atoms with Crippen LogP contribution in [-0.4, -0.2) is 23.4 Å². The van der Waals surface area contributed by atoms with Crippen LogP contribution in [0.5, 0.6) is 0 Å². The van der Waals surface area contributed by atoms with E-state index in [1.807, 2.05) is 19.9 Å². The lowest BCUT2D eigenvalue weighted by molar-refractivity contribution is 0.0636. The number of ether oxygens (including phenoxy) is 1. The maximum Gasteiger partial charge on any atom is 0.412 e. The third-order valence-electron chi connectivity index (χ3n) is 2.78. The number of amides is 1. The highest BCUT2D eigenvalue weighted by Gasteiger charge is 2.19. The summed E-state index contributed by atoms with van der Waals surface area (Å²) in [5.41, 5.74) is 0.760. The van der Waals surface area contributed by atoms with Crippen molar-refractivity contribution < 1.29 is 14.6 Å². The molecule has 0 saturated carbocycles. The molecule has 1 rings (SSSR count). The number of nitrogens with one attached hydrogen (secondary N) is 1. The molecule has 0 heterocycles. The van der Waals surface area contributed by atoms with Gasteiger partial charge in [0.05, 0.1) is 10.7 Å². The number of aliphatic hydroxyl groups is 1. The lowest BCUT2D eigenvalue weighted by Gasteiger charge is -2.22. The van der Waals surface area contributed by atoms with Crippen LogP contribution >= 0.6 is 11.6 Å². The van der Waals surface area contributed by atoms with Crippen LogP contribution in [-0.2, 0) is 11.2 Å². The number of anilines is 1. The van der Waals surface area contributed by atoms with Crippen molar-refractivity contribution in [3.63, 3.8) is 0 Å². The zero-order valence-corrected chi connectivity index (χ0v) is 14.0. The molecule has 1 aromatic rings. The van der Waals surface area contributed by atoms with Crippen LogP contribution in [0.25, 0.3) is 0 Å². The summed E-state index contributed by atoms with van der Waals surface area (Å²) in [5, 5.41) is 12.4. The van der Waals surface area contributed by atoms with E-state index >= 15 is 0 Å². The van der Waals surface area contributed by atoms with Crippen molar-refractivity contribution in [2.45, 2.75) is 46.6 Å². The first-order valence-electron chi connectivity index (χ1n) is 6.92. The van der Waals surface area contributed by atoms with Gasteiger partial charge in [0.1, 0.15) is 5.60 Å². The Kier molecular flexibility index (Phi) is 5.65. The molecule has 0 atom stereocenters. The van der Waals surface area contributed by atoms with Crippen molar-refractivity contribution in [1.29, 1.82) is 0 Å². The number of carbonyl (C=O) groups excluding carboxylic acids is 1. The number of hydrogen-bond donors (Lipinski definition) is 2. The first kappa shape index (κ1) is 17.8. The van der Waals surface area contributed by atoms with Gasteiger partial charge in [-0.2, -0.15) is 0 Å². The van der Waals surface area contributed by atoms with E-state index in [9.17, 15) is 9.90 Å².